The number of fused-ring (bicyclic) bond motifs is 8. The van der Waals surface area contributed by atoms with E-state index in [0.29, 0.717) is 0 Å². The Labute approximate surface area is 227 Å². The summed E-state index contributed by atoms with van der Waals surface area (Å²) in [6.07, 6.45) is 0.992. The Morgan fingerprint density at radius 3 is 1.20 bits per heavy atom. The molecule has 1 N–H and O–H groups in total. The first-order valence-electron chi connectivity index (χ1n) is 12.9. The van der Waals surface area contributed by atoms with Crippen LogP contribution in [-0.4, -0.2) is 4.93 Å². The Balaban J connectivity index is 0.000000495. The van der Waals surface area contributed by atoms with Gasteiger partial charge in [0.1, 0.15) is 0 Å². The highest BCUT2D eigenvalue weighted by Crippen LogP contribution is 2.56. The molecule has 1 spiro atoms. The van der Waals surface area contributed by atoms with Crippen LogP contribution in [0.4, 0.5) is 11.4 Å². The van der Waals surface area contributed by atoms with Crippen LogP contribution in [0.2, 0.25) is 0 Å². The number of halogens is 1. The molecule has 0 radical (unpaired) electrons. The molecule has 4 aromatic carbocycles. The van der Waals surface area contributed by atoms with Crippen molar-refractivity contribution in [1.82, 2.24) is 0 Å². The third-order valence-corrected chi connectivity index (χ3v) is 6.16. The van der Waals surface area contributed by atoms with Gasteiger partial charge in [-0.1, -0.05) is 149 Å². The van der Waals surface area contributed by atoms with Gasteiger partial charge in [-0.3, -0.25) is 0 Å². The molecule has 35 heavy (non-hydrogen) atoms. The van der Waals surface area contributed by atoms with Crippen molar-refractivity contribution >= 4 is 34.0 Å². The van der Waals surface area contributed by atoms with Gasteiger partial charge in [-0.2, -0.15) is 0 Å². The molecule has 4 aromatic rings. The van der Waals surface area contributed by atoms with E-state index in [1.807, 2.05) is 46.5 Å². The molecule has 0 fully saturated rings. The first-order chi connectivity index (χ1) is 17.4. The van der Waals surface area contributed by atoms with Crippen LogP contribution >= 0.6 is 22.6 Å². The fourth-order valence-corrected chi connectivity index (χ4v) is 5.14. The van der Waals surface area contributed by atoms with Crippen LogP contribution in [0.15, 0.2) is 97.1 Å². The van der Waals surface area contributed by atoms with E-state index >= 15 is 0 Å². The van der Waals surface area contributed by atoms with Gasteiger partial charge in [0, 0.05) is 11.4 Å². The number of para-hydroxylation sites is 2. The summed E-state index contributed by atoms with van der Waals surface area (Å²) < 4.78 is 0. The van der Waals surface area contributed by atoms with Crippen molar-refractivity contribution in [2.24, 2.45) is 0 Å². The first-order valence-corrected chi connectivity index (χ1v) is 15.1. The number of hydrogen-bond acceptors (Lipinski definition) is 1. The Kier molecular flexibility index (Phi) is 11.5. The molecular weight excluding hydrogens is 537 g/mol. The van der Waals surface area contributed by atoms with Crippen molar-refractivity contribution in [2.75, 3.05) is 10.2 Å². The lowest BCUT2D eigenvalue weighted by Crippen LogP contribution is -2.39. The molecule has 1 aliphatic carbocycles. The van der Waals surface area contributed by atoms with Gasteiger partial charge < -0.3 is 5.32 Å². The molecule has 0 saturated carbocycles. The Morgan fingerprint density at radius 1 is 0.486 bits per heavy atom. The normalized spacial score (nSPS) is 12.3. The molecule has 184 valence electrons. The molecule has 1 aliphatic heterocycles. The smallest absolute Gasteiger partial charge is 0.0747 e. The standard InChI is InChI=1S/C26H19N.3C2H6.CH3I/c1-3-11-20-18(9-1)17-19-10-2-4-12-21(19)26(20)22-13-5-7-15-24(22)27-25-16-8-6-14-23(25)26;4*1-2/h1-16,27H,17H2;3*1-2H3;1H3. The number of benzene rings is 4. The van der Waals surface area contributed by atoms with E-state index in [9.17, 15) is 0 Å². The fourth-order valence-electron chi connectivity index (χ4n) is 5.14. The third-order valence-electron chi connectivity index (χ3n) is 6.16. The van der Waals surface area contributed by atoms with Gasteiger partial charge in [0.15, 0.2) is 0 Å². The SMILES string of the molecule is CC.CC.CC.CI.c1ccc2c(c1)Cc1ccccc1C21c2ccccc2Nc2ccccc21. The van der Waals surface area contributed by atoms with E-state index in [1.165, 1.54) is 44.8 Å². The minimum Gasteiger partial charge on any atom is -0.355 e. The van der Waals surface area contributed by atoms with E-state index in [2.05, 4.69) is 125 Å². The van der Waals surface area contributed by atoms with Crippen LogP contribution in [-0.2, 0) is 11.8 Å². The largest absolute Gasteiger partial charge is 0.355 e. The molecule has 0 unspecified atom stereocenters. The van der Waals surface area contributed by atoms with Crippen molar-refractivity contribution in [3.05, 3.63) is 130 Å². The molecule has 0 bridgehead atoms. The molecule has 2 aliphatic rings. The Bertz CT molecular complexity index is 1010. The lowest BCUT2D eigenvalue weighted by molar-refractivity contribution is 0.700. The average Bonchev–Trinajstić information content (AvgIpc) is 2.97. The van der Waals surface area contributed by atoms with Crippen molar-refractivity contribution in [3.8, 4) is 0 Å². The topological polar surface area (TPSA) is 12.0 Å². The summed E-state index contributed by atoms with van der Waals surface area (Å²) in [6, 6.07) is 35.5. The van der Waals surface area contributed by atoms with E-state index in [4.69, 9.17) is 0 Å². The molecule has 1 nitrogen and oxygen atoms in total. The molecule has 0 saturated heterocycles. The van der Waals surface area contributed by atoms with E-state index in [-0.39, 0.29) is 5.41 Å². The quantitative estimate of drug-likeness (QED) is 0.140. The second-order valence-electron chi connectivity index (χ2n) is 7.46. The number of anilines is 2. The number of hydrogen-bond donors (Lipinski definition) is 1. The molecule has 0 amide bonds. The van der Waals surface area contributed by atoms with Crippen molar-refractivity contribution in [2.45, 2.75) is 53.4 Å². The summed E-state index contributed by atoms with van der Waals surface area (Å²) in [4.78, 5) is 1.97. The van der Waals surface area contributed by atoms with Crippen molar-refractivity contribution in [1.29, 1.82) is 0 Å². The van der Waals surface area contributed by atoms with Crippen LogP contribution in [0, 0.1) is 0 Å². The highest BCUT2D eigenvalue weighted by molar-refractivity contribution is 14.1. The third kappa shape index (κ3) is 5.04. The molecular formula is C33H40IN. The van der Waals surface area contributed by atoms with Crippen molar-refractivity contribution < 1.29 is 0 Å². The highest BCUT2D eigenvalue weighted by atomic mass is 127. The summed E-state index contributed by atoms with van der Waals surface area (Å²) in [7, 11) is 0. The summed E-state index contributed by atoms with van der Waals surface area (Å²) >= 11 is 2.15. The zero-order valence-electron chi connectivity index (χ0n) is 22.3. The Hall–Kier alpha value is -2.59. The number of nitrogens with one attached hydrogen (secondary N) is 1. The summed E-state index contributed by atoms with van der Waals surface area (Å²) in [5.74, 6) is 0. The van der Waals surface area contributed by atoms with Gasteiger partial charge in [0.2, 0.25) is 0 Å². The average molecular weight is 578 g/mol. The van der Waals surface area contributed by atoms with Crippen molar-refractivity contribution in [3.63, 3.8) is 0 Å². The maximum atomic E-state index is 3.67. The van der Waals surface area contributed by atoms with Gasteiger partial charge in [-0.25, -0.2) is 0 Å². The molecule has 6 rings (SSSR count). The van der Waals surface area contributed by atoms with Crippen LogP contribution in [0.5, 0.6) is 0 Å². The molecule has 0 atom stereocenters. The Morgan fingerprint density at radius 2 is 0.800 bits per heavy atom. The second-order valence-corrected chi connectivity index (χ2v) is 7.46. The molecule has 2 heteroatoms. The predicted molar refractivity (Wildman–Crippen MR) is 165 cm³/mol. The zero-order valence-corrected chi connectivity index (χ0v) is 24.5. The van der Waals surface area contributed by atoms with Gasteiger partial charge in [-0.15, -0.1) is 0 Å². The van der Waals surface area contributed by atoms with Gasteiger partial charge >= 0.3 is 0 Å². The highest BCUT2D eigenvalue weighted by Gasteiger charge is 2.47. The second kappa shape index (κ2) is 14.1. The summed E-state index contributed by atoms with van der Waals surface area (Å²) in [5.41, 5.74) is 10.4. The summed E-state index contributed by atoms with van der Waals surface area (Å²) in [6.45, 7) is 12.0. The lowest BCUT2D eigenvalue weighted by atomic mass is 9.58. The molecule has 0 aromatic heterocycles. The van der Waals surface area contributed by atoms with Crippen LogP contribution in [0.1, 0.15) is 74.9 Å². The van der Waals surface area contributed by atoms with Crippen LogP contribution in [0.3, 0.4) is 0 Å². The minimum absolute atomic E-state index is 0.274. The van der Waals surface area contributed by atoms with Crippen LogP contribution < -0.4 is 5.32 Å². The predicted octanol–water partition coefficient (Wildman–Crippen LogP) is 10.2. The number of rotatable bonds is 0. The monoisotopic (exact) mass is 577 g/mol. The van der Waals surface area contributed by atoms with E-state index in [0.717, 1.165) is 6.42 Å². The first kappa shape index (κ1) is 28.6. The number of alkyl halides is 1. The fraction of sp³-hybridized carbons (Fsp3) is 0.273. The maximum Gasteiger partial charge on any atom is 0.0747 e. The molecule has 1 heterocycles. The summed E-state index contributed by atoms with van der Waals surface area (Å²) in [5, 5.41) is 3.67. The van der Waals surface area contributed by atoms with Gasteiger partial charge in [0.05, 0.1) is 5.41 Å². The minimum atomic E-state index is -0.274. The van der Waals surface area contributed by atoms with Gasteiger partial charge in [-0.05, 0) is 56.9 Å². The van der Waals surface area contributed by atoms with E-state index in [1.54, 1.807) is 0 Å². The van der Waals surface area contributed by atoms with E-state index < -0.39 is 0 Å². The maximum absolute atomic E-state index is 3.67. The van der Waals surface area contributed by atoms with Gasteiger partial charge in [0.25, 0.3) is 0 Å². The zero-order chi connectivity index (χ0) is 25.8. The lowest BCUT2D eigenvalue weighted by Gasteiger charge is -2.46. The van der Waals surface area contributed by atoms with Crippen LogP contribution in [0.25, 0.3) is 0 Å².